The highest BCUT2D eigenvalue weighted by atomic mass is 32.2. The fraction of sp³-hybridized carbons (Fsp3) is 0.929. The zero-order valence-corrected chi connectivity index (χ0v) is 24.7. The summed E-state index contributed by atoms with van der Waals surface area (Å²) in [4.78, 5) is 24.2. The lowest BCUT2D eigenvalue weighted by atomic mass is 10.0. The number of hydrogen-bond acceptors (Lipinski definition) is 6. The lowest BCUT2D eigenvalue weighted by molar-refractivity contribution is -0.170. The summed E-state index contributed by atoms with van der Waals surface area (Å²) >= 11 is 0. The maximum atomic E-state index is 12.9. The van der Waals surface area contributed by atoms with Crippen LogP contribution in [0.4, 0.5) is 0 Å². The van der Waals surface area contributed by atoms with Crippen molar-refractivity contribution in [3.8, 4) is 0 Å². The predicted octanol–water partition coefficient (Wildman–Crippen LogP) is 5.60. The van der Waals surface area contributed by atoms with Gasteiger partial charge in [0.1, 0.15) is 6.04 Å². The number of carbonyl (C=O) groups excluding carboxylic acids is 2. The van der Waals surface area contributed by atoms with Crippen molar-refractivity contribution in [3.05, 3.63) is 0 Å². The predicted molar refractivity (Wildman–Crippen MR) is 149 cm³/mol. The van der Waals surface area contributed by atoms with Gasteiger partial charge in [-0.05, 0) is 25.2 Å². The van der Waals surface area contributed by atoms with Gasteiger partial charge in [0.15, 0.2) is 0 Å². The molecule has 1 heterocycles. The molecule has 8 nitrogen and oxygen atoms in total. The summed E-state index contributed by atoms with van der Waals surface area (Å²) in [5.41, 5.74) is 0. The van der Waals surface area contributed by atoms with Crippen LogP contribution in [0, 0.1) is 5.92 Å². The number of nitrogens with one attached hydrogen (secondary N) is 2. The first-order chi connectivity index (χ1) is 17.6. The van der Waals surface area contributed by atoms with Gasteiger partial charge in [-0.1, -0.05) is 104 Å². The van der Waals surface area contributed by atoms with Gasteiger partial charge in [0.25, 0.3) is 0 Å². The molecule has 1 aliphatic rings. The molecular formula is C28H54N2O6S. The van der Waals surface area contributed by atoms with Gasteiger partial charge in [-0.3, -0.25) is 9.59 Å². The van der Waals surface area contributed by atoms with E-state index >= 15 is 0 Å². The molecule has 1 saturated heterocycles. The van der Waals surface area contributed by atoms with E-state index in [-0.39, 0.29) is 11.7 Å². The van der Waals surface area contributed by atoms with Crippen molar-refractivity contribution < 1.29 is 27.5 Å². The summed E-state index contributed by atoms with van der Waals surface area (Å²) < 4.78 is 38.5. The Balaban J connectivity index is 2.27. The third-order valence-electron chi connectivity index (χ3n) is 6.76. The van der Waals surface area contributed by atoms with E-state index in [1.807, 2.05) is 13.8 Å². The minimum atomic E-state index is -3.58. The van der Waals surface area contributed by atoms with E-state index in [9.17, 15) is 18.0 Å². The van der Waals surface area contributed by atoms with Gasteiger partial charge in [-0.25, -0.2) is 13.1 Å². The number of sulfonamides is 1. The number of rotatable bonds is 22. The van der Waals surface area contributed by atoms with E-state index in [1.165, 1.54) is 71.1 Å². The van der Waals surface area contributed by atoms with Gasteiger partial charge in [-0.2, -0.15) is 0 Å². The van der Waals surface area contributed by atoms with Gasteiger partial charge in [0.05, 0.1) is 18.4 Å². The van der Waals surface area contributed by atoms with Crippen molar-refractivity contribution in [2.45, 2.75) is 149 Å². The molecule has 9 heteroatoms. The average molecular weight is 547 g/mol. The molecule has 1 aliphatic heterocycles. The zero-order valence-electron chi connectivity index (χ0n) is 23.9. The summed E-state index contributed by atoms with van der Waals surface area (Å²) in [5, 5.41) is 2.81. The van der Waals surface area contributed by atoms with Crippen LogP contribution in [0.2, 0.25) is 0 Å². The van der Waals surface area contributed by atoms with Gasteiger partial charge in [0.2, 0.25) is 22.2 Å². The number of ether oxygens (including phenoxy) is 2. The SMILES string of the molecule is CCCCCCCCCCCCCCCCS(=O)(=O)N[C@@H](CC(C)C)C(=O)N[C@H]1CCO[C@H]1OC(C)=O. The van der Waals surface area contributed by atoms with Crippen molar-refractivity contribution in [1.82, 2.24) is 10.0 Å². The van der Waals surface area contributed by atoms with Crippen molar-refractivity contribution in [1.29, 1.82) is 0 Å². The number of carbonyl (C=O) groups is 2. The highest BCUT2D eigenvalue weighted by Crippen LogP contribution is 2.17. The Morgan fingerprint density at radius 2 is 1.41 bits per heavy atom. The monoisotopic (exact) mass is 546 g/mol. The molecule has 1 fully saturated rings. The van der Waals surface area contributed by atoms with E-state index in [2.05, 4.69) is 17.0 Å². The number of esters is 1. The Morgan fingerprint density at radius 1 is 0.892 bits per heavy atom. The second-order valence-electron chi connectivity index (χ2n) is 11.0. The molecule has 0 radical (unpaired) electrons. The molecule has 0 bridgehead atoms. The van der Waals surface area contributed by atoms with Crippen molar-refractivity contribution in [3.63, 3.8) is 0 Å². The Bertz CT molecular complexity index is 728. The van der Waals surface area contributed by atoms with Crippen LogP contribution in [0.1, 0.15) is 130 Å². The molecule has 0 aromatic carbocycles. The van der Waals surface area contributed by atoms with Gasteiger partial charge < -0.3 is 14.8 Å². The largest absolute Gasteiger partial charge is 0.434 e. The van der Waals surface area contributed by atoms with Crippen molar-refractivity contribution >= 4 is 21.9 Å². The van der Waals surface area contributed by atoms with E-state index in [0.717, 1.165) is 19.3 Å². The topological polar surface area (TPSA) is 111 Å². The Morgan fingerprint density at radius 3 is 1.89 bits per heavy atom. The lowest BCUT2D eigenvalue weighted by Gasteiger charge is -2.24. The van der Waals surface area contributed by atoms with E-state index < -0.39 is 40.3 Å². The van der Waals surface area contributed by atoms with Gasteiger partial charge in [0, 0.05) is 6.92 Å². The smallest absolute Gasteiger partial charge is 0.305 e. The minimum absolute atomic E-state index is 0.0233. The second-order valence-corrected chi connectivity index (χ2v) is 12.8. The van der Waals surface area contributed by atoms with Gasteiger partial charge in [-0.15, -0.1) is 0 Å². The average Bonchev–Trinajstić information content (AvgIpc) is 3.24. The normalized spacial score (nSPS) is 18.7. The minimum Gasteiger partial charge on any atom is -0.434 e. The summed E-state index contributed by atoms with van der Waals surface area (Å²) in [6, 6.07) is -1.35. The Kier molecular flexibility index (Phi) is 18.1. The third kappa shape index (κ3) is 17.1. The summed E-state index contributed by atoms with van der Waals surface area (Å²) in [6.07, 6.45) is 17.0. The molecule has 0 aromatic heterocycles. The van der Waals surface area contributed by atoms with Crippen LogP contribution in [0.3, 0.4) is 0 Å². The summed E-state index contributed by atoms with van der Waals surface area (Å²) in [6.45, 7) is 7.79. The molecule has 0 spiro atoms. The fourth-order valence-corrected chi connectivity index (χ4v) is 6.05. The molecule has 1 rings (SSSR count). The molecule has 37 heavy (non-hydrogen) atoms. The maximum absolute atomic E-state index is 12.9. The van der Waals surface area contributed by atoms with Crippen LogP contribution >= 0.6 is 0 Å². The second kappa shape index (κ2) is 19.8. The van der Waals surface area contributed by atoms with Crippen molar-refractivity contribution in [2.24, 2.45) is 5.92 Å². The van der Waals surface area contributed by atoms with Gasteiger partial charge >= 0.3 is 5.97 Å². The number of unbranched alkanes of at least 4 members (excludes halogenated alkanes) is 13. The van der Waals surface area contributed by atoms with Crippen molar-refractivity contribution in [2.75, 3.05) is 12.4 Å². The Hall–Kier alpha value is -1.19. The maximum Gasteiger partial charge on any atom is 0.305 e. The van der Waals surface area contributed by atoms with Crippen LogP contribution in [0.5, 0.6) is 0 Å². The molecule has 0 aliphatic carbocycles. The quantitative estimate of drug-likeness (QED) is 0.135. The van der Waals surface area contributed by atoms with Crippen LogP contribution in [-0.2, 0) is 29.1 Å². The Labute approximate surface area is 226 Å². The first-order valence-corrected chi connectivity index (χ1v) is 16.4. The van der Waals surface area contributed by atoms with Crippen LogP contribution < -0.4 is 10.0 Å². The van der Waals surface area contributed by atoms with Crippen LogP contribution in [0.25, 0.3) is 0 Å². The molecule has 0 unspecified atom stereocenters. The number of amides is 1. The van der Waals surface area contributed by atoms with E-state index in [4.69, 9.17) is 9.47 Å². The number of hydrogen-bond donors (Lipinski definition) is 2. The molecule has 1 amide bonds. The molecule has 0 aromatic rings. The van der Waals surface area contributed by atoms with E-state index in [0.29, 0.717) is 25.9 Å². The van der Waals surface area contributed by atoms with Crippen LogP contribution in [-0.4, -0.2) is 51.0 Å². The summed E-state index contributed by atoms with van der Waals surface area (Å²) in [5.74, 6) is -0.747. The first-order valence-electron chi connectivity index (χ1n) is 14.7. The van der Waals surface area contributed by atoms with Crippen LogP contribution in [0.15, 0.2) is 0 Å². The molecule has 2 N–H and O–H groups in total. The molecule has 0 saturated carbocycles. The highest BCUT2D eigenvalue weighted by Gasteiger charge is 2.34. The molecular weight excluding hydrogens is 492 g/mol. The summed E-state index contributed by atoms with van der Waals surface area (Å²) in [7, 11) is -3.58. The first kappa shape index (κ1) is 33.8. The zero-order chi connectivity index (χ0) is 27.5. The molecule has 218 valence electrons. The fourth-order valence-electron chi connectivity index (χ4n) is 4.71. The standard InChI is InChI=1S/C28H54N2O6S/c1-5-6-7-8-9-10-11-12-13-14-15-16-17-18-21-37(33,34)30-26(22-23(2)3)27(32)29-25-19-20-35-28(25)36-24(4)31/h23,25-26,28,30H,5-22H2,1-4H3,(H,29,32)/t25-,26-,28-/m0/s1. The van der Waals surface area contributed by atoms with E-state index in [1.54, 1.807) is 0 Å². The molecule has 3 atom stereocenters. The highest BCUT2D eigenvalue weighted by molar-refractivity contribution is 7.89. The third-order valence-corrected chi connectivity index (χ3v) is 8.23. The lowest BCUT2D eigenvalue weighted by Crippen LogP contribution is -2.52.